The lowest BCUT2D eigenvalue weighted by Crippen LogP contribution is -2.21. The van der Waals surface area contributed by atoms with Crippen molar-refractivity contribution >= 4 is 11.6 Å². The first kappa shape index (κ1) is 15.4. The molecular formula is C21H17ClN4. The third-order valence-corrected chi connectivity index (χ3v) is 5.07. The van der Waals surface area contributed by atoms with E-state index in [1.165, 1.54) is 16.8 Å². The zero-order valence-electron chi connectivity index (χ0n) is 14.0. The van der Waals surface area contributed by atoms with Crippen molar-refractivity contribution in [1.29, 1.82) is 0 Å². The van der Waals surface area contributed by atoms with Gasteiger partial charge in [-0.1, -0.05) is 41.9 Å². The molecule has 128 valence electrons. The van der Waals surface area contributed by atoms with E-state index in [9.17, 15) is 0 Å². The van der Waals surface area contributed by atoms with Gasteiger partial charge in [-0.15, -0.1) is 0 Å². The second kappa shape index (κ2) is 6.16. The van der Waals surface area contributed by atoms with Gasteiger partial charge in [0.25, 0.3) is 0 Å². The molecule has 3 heterocycles. The van der Waals surface area contributed by atoms with Crippen LogP contribution in [0.2, 0.25) is 5.02 Å². The first-order valence-electron chi connectivity index (χ1n) is 8.60. The van der Waals surface area contributed by atoms with Crippen molar-refractivity contribution < 1.29 is 0 Å². The number of benzene rings is 2. The fourth-order valence-corrected chi connectivity index (χ4v) is 3.72. The fourth-order valence-electron chi connectivity index (χ4n) is 3.60. The van der Waals surface area contributed by atoms with Crippen LogP contribution in [-0.4, -0.2) is 14.3 Å². The Morgan fingerprint density at radius 3 is 2.58 bits per heavy atom. The summed E-state index contributed by atoms with van der Waals surface area (Å²) in [7, 11) is 0. The lowest BCUT2D eigenvalue weighted by atomic mass is 10.0. The molecule has 5 heteroatoms. The van der Waals surface area contributed by atoms with Gasteiger partial charge in [0.05, 0.1) is 17.9 Å². The fraction of sp³-hybridized carbons (Fsp3) is 0.0952. The molecule has 2 aromatic carbocycles. The average Bonchev–Trinajstić information content (AvgIpc) is 3.28. The van der Waals surface area contributed by atoms with Gasteiger partial charge in [0.2, 0.25) is 0 Å². The summed E-state index contributed by atoms with van der Waals surface area (Å²) in [5, 5.41) is 9.05. The maximum Gasteiger partial charge on any atom is 0.145 e. The minimum atomic E-state index is 0.0962. The van der Waals surface area contributed by atoms with Crippen LogP contribution in [0.15, 0.2) is 79.1 Å². The van der Waals surface area contributed by atoms with Gasteiger partial charge < -0.3 is 9.88 Å². The maximum absolute atomic E-state index is 6.07. The van der Waals surface area contributed by atoms with Crippen LogP contribution in [0.25, 0.3) is 11.5 Å². The van der Waals surface area contributed by atoms with Gasteiger partial charge in [-0.25, -0.2) is 4.68 Å². The van der Waals surface area contributed by atoms with E-state index >= 15 is 0 Å². The second-order valence-corrected chi connectivity index (χ2v) is 6.85. The smallest absolute Gasteiger partial charge is 0.145 e. The van der Waals surface area contributed by atoms with E-state index in [4.69, 9.17) is 11.6 Å². The molecule has 0 aliphatic carbocycles. The Hall–Kier alpha value is -2.82. The van der Waals surface area contributed by atoms with Crippen LogP contribution in [0.3, 0.4) is 0 Å². The highest BCUT2D eigenvalue weighted by molar-refractivity contribution is 6.30. The van der Waals surface area contributed by atoms with Crippen molar-refractivity contribution in [3.63, 3.8) is 0 Å². The minimum absolute atomic E-state index is 0.0962. The largest absolute Gasteiger partial charge is 0.303 e. The molecule has 0 saturated heterocycles. The van der Waals surface area contributed by atoms with Crippen LogP contribution in [-0.2, 0) is 6.54 Å². The summed E-state index contributed by atoms with van der Waals surface area (Å²) < 4.78 is 4.24. The van der Waals surface area contributed by atoms with E-state index in [1.54, 1.807) is 0 Å². The summed E-state index contributed by atoms with van der Waals surface area (Å²) in [6.45, 7) is 0.747. The Labute approximate surface area is 156 Å². The molecule has 4 aromatic rings. The number of fused-ring (bicyclic) bond motifs is 3. The summed E-state index contributed by atoms with van der Waals surface area (Å²) in [4.78, 5) is 0. The molecule has 0 bridgehead atoms. The van der Waals surface area contributed by atoms with Gasteiger partial charge in [-0.05, 0) is 42.0 Å². The van der Waals surface area contributed by atoms with Crippen LogP contribution < -0.4 is 5.32 Å². The van der Waals surface area contributed by atoms with Gasteiger partial charge in [0.1, 0.15) is 5.82 Å². The Balaban J connectivity index is 1.66. The summed E-state index contributed by atoms with van der Waals surface area (Å²) in [5.74, 6) is 1.08. The van der Waals surface area contributed by atoms with E-state index in [1.807, 2.05) is 41.2 Å². The highest BCUT2D eigenvalue weighted by Crippen LogP contribution is 2.31. The Kier molecular flexibility index (Phi) is 3.66. The molecule has 1 N–H and O–H groups in total. The lowest BCUT2D eigenvalue weighted by molar-refractivity contribution is 0.598. The number of nitrogens with zero attached hydrogens (tertiary/aromatic N) is 3. The molecule has 5 rings (SSSR count). The average molecular weight is 361 g/mol. The van der Waals surface area contributed by atoms with E-state index in [2.05, 4.69) is 57.6 Å². The Morgan fingerprint density at radius 1 is 0.962 bits per heavy atom. The van der Waals surface area contributed by atoms with Crippen molar-refractivity contribution in [2.24, 2.45) is 0 Å². The number of nitrogens with one attached hydrogen (secondary N) is 1. The van der Waals surface area contributed by atoms with Crippen LogP contribution in [0.1, 0.15) is 22.9 Å². The molecule has 0 amide bonds. The van der Waals surface area contributed by atoms with E-state index in [-0.39, 0.29) is 6.04 Å². The van der Waals surface area contributed by atoms with Crippen LogP contribution in [0.4, 0.5) is 0 Å². The topological polar surface area (TPSA) is 34.8 Å². The zero-order valence-corrected chi connectivity index (χ0v) is 14.8. The number of hydrogen-bond donors (Lipinski definition) is 1. The number of hydrogen-bond acceptors (Lipinski definition) is 2. The van der Waals surface area contributed by atoms with Crippen LogP contribution in [0, 0.1) is 0 Å². The number of rotatable bonds is 2. The van der Waals surface area contributed by atoms with Crippen molar-refractivity contribution in [2.75, 3.05) is 0 Å². The SMILES string of the molecule is Clc1ccc(C2NCc3cnn(-c4ccccc4)c3-n3cccc32)cc1. The molecule has 1 atom stereocenters. The van der Waals surface area contributed by atoms with Crippen LogP contribution in [0.5, 0.6) is 0 Å². The number of para-hydroxylation sites is 1. The maximum atomic E-state index is 6.07. The van der Waals surface area contributed by atoms with Crippen LogP contribution >= 0.6 is 11.6 Å². The van der Waals surface area contributed by atoms with E-state index in [0.29, 0.717) is 0 Å². The number of aromatic nitrogens is 3. The molecule has 0 saturated carbocycles. The molecule has 1 aliphatic rings. The van der Waals surface area contributed by atoms with Gasteiger partial charge in [0, 0.05) is 29.0 Å². The first-order valence-corrected chi connectivity index (χ1v) is 8.98. The Bertz CT molecular complexity index is 1050. The van der Waals surface area contributed by atoms with Crippen molar-refractivity contribution in [2.45, 2.75) is 12.6 Å². The predicted molar refractivity (Wildman–Crippen MR) is 103 cm³/mol. The summed E-state index contributed by atoms with van der Waals surface area (Å²) in [6, 6.07) is 22.6. The molecule has 1 unspecified atom stereocenters. The third kappa shape index (κ3) is 2.46. The molecule has 1 aliphatic heterocycles. The van der Waals surface area contributed by atoms with Gasteiger partial charge in [0.15, 0.2) is 0 Å². The molecule has 0 spiro atoms. The molecule has 0 fully saturated rings. The normalized spacial score (nSPS) is 16.0. The van der Waals surface area contributed by atoms with Gasteiger partial charge in [-0.2, -0.15) is 5.10 Å². The lowest BCUT2D eigenvalue weighted by Gasteiger charge is -2.18. The first-order chi connectivity index (χ1) is 12.8. The Morgan fingerprint density at radius 2 is 1.77 bits per heavy atom. The van der Waals surface area contributed by atoms with Gasteiger partial charge in [-0.3, -0.25) is 0 Å². The summed E-state index contributed by atoms with van der Waals surface area (Å²) in [5.41, 5.74) is 4.60. The standard InChI is InChI=1S/C21H17ClN4/c22-17-10-8-15(9-11-17)20-19-7-4-12-25(19)21-16(13-23-20)14-24-26(21)18-5-2-1-3-6-18/h1-12,14,20,23H,13H2. The second-order valence-electron chi connectivity index (χ2n) is 6.41. The zero-order chi connectivity index (χ0) is 17.5. The quantitative estimate of drug-likeness (QED) is 0.570. The van der Waals surface area contributed by atoms with Crippen molar-refractivity contribution in [1.82, 2.24) is 19.7 Å². The highest BCUT2D eigenvalue weighted by Gasteiger charge is 2.26. The molecular weight excluding hydrogens is 344 g/mol. The van der Waals surface area contributed by atoms with E-state index < -0.39 is 0 Å². The monoisotopic (exact) mass is 360 g/mol. The number of halogens is 1. The van der Waals surface area contributed by atoms with Gasteiger partial charge >= 0.3 is 0 Å². The molecule has 2 aromatic heterocycles. The minimum Gasteiger partial charge on any atom is -0.303 e. The van der Waals surface area contributed by atoms with Crippen molar-refractivity contribution in [3.05, 3.63) is 101 Å². The van der Waals surface area contributed by atoms with Crippen molar-refractivity contribution in [3.8, 4) is 11.5 Å². The molecule has 4 nitrogen and oxygen atoms in total. The summed E-state index contributed by atoms with van der Waals surface area (Å²) in [6.07, 6.45) is 4.05. The third-order valence-electron chi connectivity index (χ3n) is 4.82. The molecule has 0 radical (unpaired) electrons. The van der Waals surface area contributed by atoms with E-state index in [0.717, 1.165) is 23.1 Å². The highest BCUT2D eigenvalue weighted by atomic mass is 35.5. The predicted octanol–water partition coefficient (Wildman–Crippen LogP) is 4.51. The molecule has 26 heavy (non-hydrogen) atoms. The summed E-state index contributed by atoms with van der Waals surface area (Å²) >= 11 is 6.07.